The molecule has 2 amide bonds. The van der Waals surface area contributed by atoms with Crippen LogP contribution in [0.1, 0.15) is 69.9 Å². The van der Waals surface area contributed by atoms with E-state index in [-0.39, 0.29) is 41.0 Å². The highest BCUT2D eigenvalue weighted by atomic mass is 19.1. The van der Waals surface area contributed by atoms with Crippen molar-refractivity contribution in [3.8, 4) is 0 Å². The molecule has 2 fully saturated rings. The highest BCUT2D eigenvalue weighted by molar-refractivity contribution is 6.10. The minimum atomic E-state index is -1.26. The Hall–Kier alpha value is -2.51. The summed E-state index contributed by atoms with van der Waals surface area (Å²) >= 11 is 0. The number of hydrogen-bond donors (Lipinski definition) is 1. The van der Waals surface area contributed by atoms with E-state index >= 15 is 8.78 Å². The Labute approximate surface area is 180 Å². The summed E-state index contributed by atoms with van der Waals surface area (Å²) in [6.45, 7) is 4.51. The first-order chi connectivity index (χ1) is 14.5. The maximum atomic E-state index is 15.3. The zero-order valence-electron chi connectivity index (χ0n) is 18.3. The number of hydrogen-bond acceptors (Lipinski definition) is 4. The summed E-state index contributed by atoms with van der Waals surface area (Å²) < 4.78 is 35.0. The molecule has 1 atom stereocenters. The molecule has 2 aliphatic carbocycles. The van der Waals surface area contributed by atoms with Gasteiger partial charge in [-0.1, -0.05) is 0 Å². The smallest absolute Gasteiger partial charge is 0.306 e. The van der Waals surface area contributed by atoms with Crippen molar-refractivity contribution >= 4 is 23.5 Å². The zero-order chi connectivity index (χ0) is 22.7. The molecule has 1 N–H and O–H groups in total. The number of methoxy groups -OCH3 is 1. The van der Waals surface area contributed by atoms with Crippen LogP contribution >= 0.6 is 0 Å². The van der Waals surface area contributed by atoms with E-state index in [4.69, 9.17) is 4.74 Å². The van der Waals surface area contributed by atoms with Gasteiger partial charge in [0.15, 0.2) is 0 Å². The van der Waals surface area contributed by atoms with Crippen molar-refractivity contribution in [2.24, 2.45) is 5.41 Å². The van der Waals surface area contributed by atoms with Crippen LogP contribution in [0.25, 0.3) is 0 Å². The number of benzene rings is 1. The number of rotatable bonds is 7. The number of carbonyl (C=O) groups is 3. The third-order valence-electron chi connectivity index (χ3n) is 7.12. The van der Waals surface area contributed by atoms with E-state index in [0.29, 0.717) is 5.56 Å². The lowest BCUT2D eigenvalue weighted by Gasteiger charge is -2.25. The number of nitrogens with zero attached hydrogens (tertiary/aromatic N) is 1. The van der Waals surface area contributed by atoms with Crippen molar-refractivity contribution in [3.05, 3.63) is 28.8 Å². The van der Waals surface area contributed by atoms with Gasteiger partial charge >= 0.3 is 5.97 Å². The van der Waals surface area contributed by atoms with Crippen LogP contribution in [-0.4, -0.2) is 37.5 Å². The topological polar surface area (TPSA) is 75.7 Å². The van der Waals surface area contributed by atoms with Crippen molar-refractivity contribution in [2.75, 3.05) is 18.6 Å². The van der Waals surface area contributed by atoms with Crippen LogP contribution in [0.5, 0.6) is 0 Å². The first-order valence-corrected chi connectivity index (χ1v) is 10.7. The van der Waals surface area contributed by atoms with Gasteiger partial charge in [-0.25, -0.2) is 8.78 Å². The molecule has 6 nitrogen and oxygen atoms in total. The van der Waals surface area contributed by atoms with Crippen LogP contribution in [0, 0.1) is 17.0 Å². The predicted octanol–water partition coefficient (Wildman–Crippen LogP) is 3.31. The fourth-order valence-electron chi connectivity index (χ4n) is 4.73. The van der Waals surface area contributed by atoms with Gasteiger partial charge in [0.05, 0.1) is 24.6 Å². The predicted molar refractivity (Wildman–Crippen MR) is 110 cm³/mol. The monoisotopic (exact) mass is 434 g/mol. The SMILES string of the molecule is COC(=O)CC1([C@H](C)NC(=O)CN2C(=O)C(C)(C)c3c(F)c(C4CC4)cc(F)c32)CC1. The van der Waals surface area contributed by atoms with Crippen LogP contribution < -0.4 is 10.2 Å². The van der Waals surface area contributed by atoms with Gasteiger partial charge in [-0.05, 0) is 64.0 Å². The Kier molecular flexibility index (Phi) is 5.10. The Morgan fingerprint density at radius 1 is 1.29 bits per heavy atom. The lowest BCUT2D eigenvalue weighted by molar-refractivity contribution is -0.142. The molecule has 1 aromatic rings. The fraction of sp³-hybridized carbons (Fsp3) is 0.609. The van der Waals surface area contributed by atoms with Crippen molar-refractivity contribution in [1.29, 1.82) is 0 Å². The molecule has 31 heavy (non-hydrogen) atoms. The van der Waals surface area contributed by atoms with E-state index < -0.39 is 35.4 Å². The van der Waals surface area contributed by atoms with E-state index in [1.54, 1.807) is 20.8 Å². The highest BCUT2D eigenvalue weighted by Crippen LogP contribution is 2.52. The quantitative estimate of drug-likeness (QED) is 0.668. The van der Waals surface area contributed by atoms with Crippen molar-refractivity contribution in [2.45, 2.75) is 70.3 Å². The first-order valence-electron chi connectivity index (χ1n) is 10.7. The second kappa shape index (κ2) is 7.28. The Morgan fingerprint density at radius 2 is 1.94 bits per heavy atom. The summed E-state index contributed by atoms with van der Waals surface area (Å²) in [4.78, 5) is 38.5. The maximum absolute atomic E-state index is 15.3. The molecule has 168 valence electrons. The molecular weight excluding hydrogens is 406 g/mol. The summed E-state index contributed by atoms with van der Waals surface area (Å²) in [5.41, 5.74) is -1.42. The normalized spacial score (nSPS) is 21.5. The Morgan fingerprint density at radius 3 is 2.48 bits per heavy atom. The molecule has 2 saturated carbocycles. The number of amides is 2. The zero-order valence-corrected chi connectivity index (χ0v) is 18.3. The van der Waals surface area contributed by atoms with Crippen molar-refractivity contribution in [3.63, 3.8) is 0 Å². The van der Waals surface area contributed by atoms with Gasteiger partial charge < -0.3 is 10.1 Å². The van der Waals surface area contributed by atoms with Crippen LogP contribution in [-0.2, 0) is 24.5 Å². The van der Waals surface area contributed by atoms with Crippen LogP contribution in [0.2, 0.25) is 0 Å². The standard InChI is InChI=1S/C23H28F2N2O4/c1-12(23(7-8-23)10-17(29)31-4)26-16(28)11-27-20-15(24)9-14(13-5-6-13)19(25)18(20)22(2,3)21(27)30/h9,12-13H,5-8,10-11H2,1-4H3,(H,26,28)/t12-/m0/s1. The van der Waals surface area contributed by atoms with Gasteiger partial charge in [-0.2, -0.15) is 0 Å². The van der Waals surface area contributed by atoms with Crippen LogP contribution in [0.4, 0.5) is 14.5 Å². The van der Waals surface area contributed by atoms with E-state index in [0.717, 1.165) is 30.6 Å². The summed E-state index contributed by atoms with van der Waals surface area (Å²) in [6, 6.07) is 0.854. The van der Waals surface area contributed by atoms with Crippen molar-refractivity contribution < 1.29 is 27.9 Å². The number of nitrogens with one attached hydrogen (secondary N) is 1. The molecule has 0 aromatic heterocycles. The van der Waals surface area contributed by atoms with Crippen LogP contribution in [0.3, 0.4) is 0 Å². The molecule has 1 aromatic carbocycles. The second-order valence-corrected chi connectivity index (χ2v) is 9.68. The number of carbonyl (C=O) groups excluding carboxylic acids is 3. The van der Waals surface area contributed by atoms with E-state index in [9.17, 15) is 14.4 Å². The van der Waals surface area contributed by atoms with E-state index in [2.05, 4.69) is 5.32 Å². The molecule has 0 bridgehead atoms. The number of ether oxygens (including phenoxy) is 1. The number of fused-ring (bicyclic) bond motifs is 1. The molecule has 1 aliphatic heterocycles. The largest absolute Gasteiger partial charge is 0.469 e. The maximum Gasteiger partial charge on any atom is 0.306 e. The summed E-state index contributed by atoms with van der Waals surface area (Å²) in [7, 11) is 1.32. The molecule has 0 spiro atoms. The van der Waals surface area contributed by atoms with Crippen molar-refractivity contribution in [1.82, 2.24) is 5.32 Å². The molecule has 0 saturated heterocycles. The summed E-state index contributed by atoms with van der Waals surface area (Å²) in [6.07, 6.45) is 3.38. The molecule has 0 unspecified atom stereocenters. The van der Waals surface area contributed by atoms with E-state index in [1.165, 1.54) is 13.2 Å². The van der Waals surface area contributed by atoms with Gasteiger partial charge in [0, 0.05) is 17.0 Å². The van der Waals surface area contributed by atoms with E-state index in [1.807, 2.05) is 0 Å². The third-order valence-corrected chi connectivity index (χ3v) is 7.12. The minimum absolute atomic E-state index is 0.00607. The molecule has 4 rings (SSSR count). The van der Waals surface area contributed by atoms with Gasteiger partial charge in [0.2, 0.25) is 11.8 Å². The van der Waals surface area contributed by atoms with Gasteiger partial charge in [0.1, 0.15) is 18.2 Å². The fourth-order valence-corrected chi connectivity index (χ4v) is 4.73. The lowest BCUT2D eigenvalue weighted by atomic mass is 9.84. The average molecular weight is 434 g/mol. The number of anilines is 1. The minimum Gasteiger partial charge on any atom is -0.469 e. The molecule has 3 aliphatic rings. The van der Waals surface area contributed by atoms with Gasteiger partial charge in [-0.3, -0.25) is 19.3 Å². The lowest BCUT2D eigenvalue weighted by Crippen LogP contribution is -2.47. The molecule has 8 heteroatoms. The highest BCUT2D eigenvalue weighted by Gasteiger charge is 2.51. The Balaban J connectivity index is 1.55. The third kappa shape index (κ3) is 3.59. The first kappa shape index (κ1) is 21.7. The van der Waals surface area contributed by atoms with Gasteiger partial charge in [-0.15, -0.1) is 0 Å². The molecule has 1 heterocycles. The summed E-state index contributed by atoms with van der Waals surface area (Å²) in [5.74, 6) is -2.55. The van der Waals surface area contributed by atoms with Gasteiger partial charge in [0.25, 0.3) is 0 Å². The number of esters is 1. The van der Waals surface area contributed by atoms with Crippen LogP contribution in [0.15, 0.2) is 6.07 Å². The number of halogens is 2. The molecular formula is C23H28F2N2O4. The molecule has 0 radical (unpaired) electrons. The average Bonchev–Trinajstić information content (AvgIpc) is 3.61. The Bertz CT molecular complexity index is 967. The summed E-state index contributed by atoms with van der Waals surface area (Å²) in [5, 5.41) is 2.83. The second-order valence-electron chi connectivity index (χ2n) is 9.68.